The lowest BCUT2D eigenvalue weighted by atomic mass is 9.98. The van der Waals surface area contributed by atoms with E-state index in [4.69, 9.17) is 18.6 Å². The summed E-state index contributed by atoms with van der Waals surface area (Å²) in [7, 11) is 0. The molecule has 0 spiro atoms. The molecule has 0 bridgehead atoms. The predicted molar refractivity (Wildman–Crippen MR) is 64.2 cm³/mol. The van der Waals surface area contributed by atoms with E-state index in [-0.39, 0.29) is 0 Å². The van der Waals surface area contributed by atoms with Crippen LogP contribution in [0.5, 0.6) is 0 Å². The molecule has 2 N–H and O–H groups in total. The zero-order valence-electron chi connectivity index (χ0n) is 8.12. The van der Waals surface area contributed by atoms with Gasteiger partial charge in [0.2, 0.25) is 0 Å². The normalized spacial score (nSPS) is 9.47. The van der Waals surface area contributed by atoms with E-state index in [2.05, 4.69) is 11.8 Å². The van der Waals surface area contributed by atoms with Crippen LogP contribution in [0.3, 0.4) is 0 Å². The lowest BCUT2D eigenvalue weighted by molar-refractivity contribution is 1.66. The van der Waals surface area contributed by atoms with Crippen molar-refractivity contribution in [2.45, 2.75) is 0 Å². The molecule has 0 fully saturated rings. The van der Waals surface area contributed by atoms with Crippen LogP contribution in [0.1, 0.15) is 11.1 Å². The zero-order chi connectivity index (χ0) is 10.8. The summed E-state index contributed by atoms with van der Waals surface area (Å²) in [6, 6.07) is 9.29. The lowest BCUT2D eigenvalue weighted by Gasteiger charge is -2.06. The van der Waals surface area contributed by atoms with E-state index in [9.17, 15) is 0 Å². The molecule has 0 aliphatic carbocycles. The van der Waals surface area contributed by atoms with Crippen LogP contribution in [0.25, 0.3) is 10.8 Å². The van der Waals surface area contributed by atoms with Gasteiger partial charge in [0, 0.05) is 27.6 Å². The van der Waals surface area contributed by atoms with Crippen molar-refractivity contribution in [1.82, 2.24) is 0 Å². The molecule has 2 rings (SSSR count). The number of terminal acetylenes is 2. The number of hydrogen-bond donors (Lipinski definition) is 1. The van der Waals surface area contributed by atoms with Gasteiger partial charge < -0.3 is 5.73 Å². The smallest absolute Gasteiger partial charge is 0.0395 e. The van der Waals surface area contributed by atoms with Gasteiger partial charge in [-0.1, -0.05) is 24.0 Å². The van der Waals surface area contributed by atoms with Gasteiger partial charge in [0.1, 0.15) is 0 Å². The second kappa shape index (κ2) is 3.40. The maximum Gasteiger partial charge on any atom is 0.0395 e. The summed E-state index contributed by atoms with van der Waals surface area (Å²) in [6.45, 7) is 0. The van der Waals surface area contributed by atoms with Gasteiger partial charge in [-0.2, -0.15) is 0 Å². The van der Waals surface area contributed by atoms with Gasteiger partial charge >= 0.3 is 0 Å². The first kappa shape index (κ1) is 9.19. The highest BCUT2D eigenvalue weighted by molar-refractivity contribution is 6.00. The molecule has 0 unspecified atom stereocenters. The largest absolute Gasteiger partial charge is 0.398 e. The average molecular weight is 191 g/mol. The number of nitrogens with two attached hydrogens (primary N) is 1. The van der Waals surface area contributed by atoms with Crippen LogP contribution in [0.4, 0.5) is 5.69 Å². The van der Waals surface area contributed by atoms with Crippen molar-refractivity contribution in [3.05, 3.63) is 41.5 Å². The van der Waals surface area contributed by atoms with E-state index in [1.807, 2.05) is 24.3 Å². The van der Waals surface area contributed by atoms with Gasteiger partial charge in [0.25, 0.3) is 0 Å². The third kappa shape index (κ3) is 1.31. The van der Waals surface area contributed by atoms with Crippen molar-refractivity contribution in [3.8, 4) is 24.7 Å². The second-order valence-corrected chi connectivity index (χ2v) is 3.22. The van der Waals surface area contributed by atoms with Crippen molar-refractivity contribution < 1.29 is 0 Å². The first-order chi connectivity index (χ1) is 7.27. The van der Waals surface area contributed by atoms with E-state index in [1.165, 1.54) is 0 Å². The molecule has 0 saturated heterocycles. The third-order valence-corrected chi connectivity index (χ3v) is 2.39. The first-order valence-corrected chi connectivity index (χ1v) is 4.52. The van der Waals surface area contributed by atoms with Gasteiger partial charge in [-0.05, 0) is 18.2 Å². The van der Waals surface area contributed by atoms with Crippen molar-refractivity contribution in [3.63, 3.8) is 0 Å². The van der Waals surface area contributed by atoms with Crippen molar-refractivity contribution in [2.24, 2.45) is 0 Å². The Kier molecular flexibility index (Phi) is 2.08. The predicted octanol–water partition coefficient (Wildman–Crippen LogP) is 2.38. The van der Waals surface area contributed by atoms with E-state index in [1.54, 1.807) is 6.07 Å². The minimum Gasteiger partial charge on any atom is -0.398 e. The fourth-order valence-corrected chi connectivity index (χ4v) is 1.67. The molecular weight excluding hydrogens is 182 g/mol. The Bertz CT molecular complexity index is 589. The van der Waals surface area contributed by atoms with Crippen LogP contribution in [-0.2, 0) is 0 Å². The third-order valence-electron chi connectivity index (χ3n) is 2.39. The summed E-state index contributed by atoms with van der Waals surface area (Å²) in [6.07, 6.45) is 10.9. The molecule has 0 atom stereocenters. The summed E-state index contributed by atoms with van der Waals surface area (Å²) < 4.78 is 0. The Morgan fingerprint density at radius 3 is 2.27 bits per heavy atom. The summed E-state index contributed by atoms with van der Waals surface area (Å²) >= 11 is 0. The Morgan fingerprint density at radius 1 is 0.933 bits per heavy atom. The molecule has 0 saturated carbocycles. The maximum absolute atomic E-state index is 5.87. The summed E-state index contributed by atoms with van der Waals surface area (Å²) in [5.41, 5.74) is 8.13. The van der Waals surface area contributed by atoms with Gasteiger partial charge in [-0.3, -0.25) is 0 Å². The van der Waals surface area contributed by atoms with Gasteiger partial charge in [0.05, 0.1) is 0 Å². The summed E-state index contributed by atoms with van der Waals surface area (Å²) in [5.74, 6) is 5.24. The molecule has 0 aliphatic rings. The van der Waals surface area contributed by atoms with E-state index in [0.717, 1.165) is 21.9 Å². The molecule has 0 amide bonds. The number of hydrogen-bond acceptors (Lipinski definition) is 1. The van der Waals surface area contributed by atoms with Crippen LogP contribution < -0.4 is 5.73 Å². The molecular formula is C14H9N. The summed E-state index contributed by atoms with van der Waals surface area (Å²) in [5, 5.41) is 1.81. The highest BCUT2D eigenvalue weighted by Crippen LogP contribution is 2.26. The minimum absolute atomic E-state index is 0.695. The Labute approximate surface area is 88.9 Å². The molecule has 0 aliphatic heterocycles. The zero-order valence-corrected chi connectivity index (χ0v) is 8.12. The number of nitrogen functional groups attached to an aromatic ring is 1. The fourth-order valence-electron chi connectivity index (χ4n) is 1.67. The number of fused-ring (bicyclic) bond motifs is 1. The summed E-state index contributed by atoms with van der Waals surface area (Å²) in [4.78, 5) is 0. The Hall–Kier alpha value is -2.38. The SMILES string of the molecule is C#Cc1cccc2c(N)ccc(C#C)c12. The number of benzene rings is 2. The quantitative estimate of drug-likeness (QED) is 0.502. The maximum atomic E-state index is 5.87. The minimum atomic E-state index is 0.695. The van der Waals surface area contributed by atoms with E-state index in [0.29, 0.717) is 5.69 Å². The first-order valence-electron chi connectivity index (χ1n) is 4.52. The lowest BCUT2D eigenvalue weighted by Crippen LogP contribution is -1.91. The van der Waals surface area contributed by atoms with Crippen LogP contribution in [0, 0.1) is 24.7 Å². The number of rotatable bonds is 0. The molecule has 0 aromatic heterocycles. The van der Waals surface area contributed by atoms with Crippen LogP contribution in [-0.4, -0.2) is 0 Å². The molecule has 0 heterocycles. The van der Waals surface area contributed by atoms with Gasteiger partial charge in [-0.15, -0.1) is 12.8 Å². The molecule has 2 aromatic rings. The molecule has 2 aromatic carbocycles. The average Bonchev–Trinajstić information content (AvgIpc) is 2.29. The Morgan fingerprint density at radius 2 is 1.60 bits per heavy atom. The van der Waals surface area contributed by atoms with Crippen LogP contribution >= 0.6 is 0 Å². The van der Waals surface area contributed by atoms with Gasteiger partial charge in [0.15, 0.2) is 0 Å². The van der Waals surface area contributed by atoms with Crippen LogP contribution in [0.2, 0.25) is 0 Å². The Balaban J connectivity index is 3.04. The fraction of sp³-hybridized carbons (Fsp3) is 0. The topological polar surface area (TPSA) is 26.0 Å². The standard InChI is InChI=1S/C14H9N/c1-3-10-6-5-7-12-13(15)9-8-11(4-2)14(10)12/h1-2,5-9H,15H2. The van der Waals surface area contributed by atoms with Crippen molar-refractivity contribution in [2.75, 3.05) is 5.73 Å². The van der Waals surface area contributed by atoms with Crippen molar-refractivity contribution >= 4 is 16.5 Å². The molecule has 15 heavy (non-hydrogen) atoms. The van der Waals surface area contributed by atoms with Crippen molar-refractivity contribution in [1.29, 1.82) is 0 Å². The number of anilines is 1. The van der Waals surface area contributed by atoms with E-state index < -0.39 is 0 Å². The second-order valence-electron chi connectivity index (χ2n) is 3.22. The molecule has 70 valence electrons. The highest BCUT2D eigenvalue weighted by Gasteiger charge is 2.05. The van der Waals surface area contributed by atoms with Gasteiger partial charge in [-0.25, -0.2) is 0 Å². The molecule has 1 heteroatoms. The van der Waals surface area contributed by atoms with E-state index >= 15 is 0 Å². The monoisotopic (exact) mass is 191 g/mol. The molecule has 1 nitrogen and oxygen atoms in total. The van der Waals surface area contributed by atoms with Crippen LogP contribution in [0.15, 0.2) is 30.3 Å². The molecule has 0 radical (unpaired) electrons. The highest BCUT2D eigenvalue weighted by atomic mass is 14.5.